The van der Waals surface area contributed by atoms with Gasteiger partial charge in [0.25, 0.3) is 0 Å². The average Bonchev–Trinajstić information content (AvgIpc) is 2.85. The topological polar surface area (TPSA) is 55.6 Å². The third kappa shape index (κ3) is 3.65. The van der Waals surface area contributed by atoms with Crippen molar-refractivity contribution in [2.75, 3.05) is 6.54 Å². The van der Waals surface area contributed by atoms with E-state index in [1.54, 1.807) is 4.68 Å². The number of halogens is 2. The Labute approximate surface area is 135 Å². The lowest BCUT2D eigenvalue weighted by Gasteiger charge is -2.15. The van der Waals surface area contributed by atoms with Gasteiger partial charge in [0, 0.05) is 8.95 Å². The first kappa shape index (κ1) is 15.6. The number of aromatic nitrogens is 4. The predicted octanol–water partition coefficient (Wildman–Crippen LogP) is 3.49. The van der Waals surface area contributed by atoms with Crippen LogP contribution in [0.4, 0.5) is 0 Å². The standard InChI is InChI=1S/C13H17Br2N5/c1-8(2)7-16-9(3)13-17-18-19-20(13)12-5-4-10(14)6-11(12)15/h4-6,8-9,16H,7H2,1-3H3. The molecule has 0 amide bonds. The summed E-state index contributed by atoms with van der Waals surface area (Å²) in [7, 11) is 0. The van der Waals surface area contributed by atoms with Gasteiger partial charge in [-0.1, -0.05) is 29.8 Å². The molecule has 0 aliphatic heterocycles. The lowest BCUT2D eigenvalue weighted by atomic mass is 10.2. The maximum absolute atomic E-state index is 4.14. The highest BCUT2D eigenvalue weighted by Crippen LogP contribution is 2.26. The Morgan fingerprint density at radius 3 is 2.65 bits per heavy atom. The lowest BCUT2D eigenvalue weighted by Crippen LogP contribution is -2.25. The molecule has 0 aliphatic rings. The van der Waals surface area contributed by atoms with Crippen molar-refractivity contribution in [3.8, 4) is 5.69 Å². The van der Waals surface area contributed by atoms with Crippen LogP contribution in [0.15, 0.2) is 27.1 Å². The van der Waals surface area contributed by atoms with Crippen molar-refractivity contribution in [2.45, 2.75) is 26.8 Å². The molecule has 20 heavy (non-hydrogen) atoms. The van der Waals surface area contributed by atoms with Crippen molar-refractivity contribution in [3.63, 3.8) is 0 Å². The van der Waals surface area contributed by atoms with Crippen LogP contribution in [0.2, 0.25) is 0 Å². The second kappa shape index (κ2) is 6.78. The molecule has 5 nitrogen and oxygen atoms in total. The normalized spacial score (nSPS) is 12.9. The third-order valence-corrected chi connectivity index (χ3v) is 3.98. The first-order valence-corrected chi connectivity index (χ1v) is 8.04. The van der Waals surface area contributed by atoms with Gasteiger partial charge in [-0.05, 0) is 63.9 Å². The Bertz CT molecular complexity index is 582. The smallest absolute Gasteiger partial charge is 0.173 e. The van der Waals surface area contributed by atoms with Gasteiger partial charge in [0.2, 0.25) is 0 Å². The van der Waals surface area contributed by atoms with Gasteiger partial charge >= 0.3 is 0 Å². The van der Waals surface area contributed by atoms with Gasteiger partial charge < -0.3 is 5.32 Å². The second-order valence-electron chi connectivity index (χ2n) is 5.07. The number of tetrazole rings is 1. The Balaban J connectivity index is 2.28. The Morgan fingerprint density at radius 2 is 2.00 bits per heavy atom. The summed E-state index contributed by atoms with van der Waals surface area (Å²) in [6.45, 7) is 7.34. The number of nitrogens with zero attached hydrogens (tertiary/aromatic N) is 4. The number of hydrogen-bond acceptors (Lipinski definition) is 4. The number of nitrogens with one attached hydrogen (secondary N) is 1. The first-order valence-electron chi connectivity index (χ1n) is 6.46. The highest BCUT2D eigenvalue weighted by Gasteiger charge is 2.17. The minimum absolute atomic E-state index is 0.0861. The molecular formula is C13H17Br2N5. The van der Waals surface area contributed by atoms with Gasteiger partial charge in [0.1, 0.15) is 0 Å². The number of benzene rings is 1. The fourth-order valence-electron chi connectivity index (χ4n) is 1.79. The Kier molecular flexibility index (Phi) is 5.29. The molecule has 0 aliphatic carbocycles. The molecule has 0 fully saturated rings. The zero-order chi connectivity index (χ0) is 14.7. The molecular weight excluding hydrogens is 386 g/mol. The lowest BCUT2D eigenvalue weighted by molar-refractivity contribution is 0.475. The van der Waals surface area contributed by atoms with E-state index in [0.29, 0.717) is 5.92 Å². The van der Waals surface area contributed by atoms with Crippen LogP contribution < -0.4 is 5.32 Å². The summed E-state index contributed by atoms with van der Waals surface area (Å²) < 4.78 is 3.71. The summed E-state index contributed by atoms with van der Waals surface area (Å²) in [5, 5.41) is 15.5. The van der Waals surface area contributed by atoms with E-state index >= 15 is 0 Å². The molecule has 1 aromatic heterocycles. The molecule has 7 heteroatoms. The molecule has 0 bridgehead atoms. The maximum atomic E-state index is 4.14. The van der Waals surface area contributed by atoms with E-state index < -0.39 is 0 Å². The van der Waals surface area contributed by atoms with Crippen molar-refractivity contribution >= 4 is 31.9 Å². The van der Waals surface area contributed by atoms with Crippen molar-refractivity contribution < 1.29 is 0 Å². The van der Waals surface area contributed by atoms with E-state index in [0.717, 1.165) is 27.0 Å². The van der Waals surface area contributed by atoms with Gasteiger partial charge in [0.15, 0.2) is 5.82 Å². The average molecular weight is 403 g/mol. The Hall–Kier alpha value is -0.790. The molecule has 0 spiro atoms. The summed E-state index contributed by atoms with van der Waals surface area (Å²) in [6, 6.07) is 6.01. The molecule has 1 aromatic carbocycles. The SMILES string of the molecule is CC(C)CNC(C)c1nnnn1-c1ccc(Br)cc1Br. The van der Waals surface area contributed by atoms with Crippen LogP contribution in [-0.4, -0.2) is 26.8 Å². The predicted molar refractivity (Wildman–Crippen MR) is 85.8 cm³/mol. The van der Waals surface area contributed by atoms with Crippen LogP contribution in [0.3, 0.4) is 0 Å². The van der Waals surface area contributed by atoms with E-state index in [2.05, 4.69) is 73.5 Å². The molecule has 2 aromatic rings. The third-order valence-electron chi connectivity index (χ3n) is 2.85. The van der Waals surface area contributed by atoms with E-state index in [4.69, 9.17) is 0 Å². The largest absolute Gasteiger partial charge is 0.307 e. The van der Waals surface area contributed by atoms with Crippen LogP contribution in [0.5, 0.6) is 0 Å². The highest BCUT2D eigenvalue weighted by atomic mass is 79.9. The molecule has 1 unspecified atom stereocenters. The monoisotopic (exact) mass is 401 g/mol. The zero-order valence-electron chi connectivity index (χ0n) is 11.6. The van der Waals surface area contributed by atoms with Crippen LogP contribution in [0.1, 0.15) is 32.6 Å². The second-order valence-corrected chi connectivity index (χ2v) is 6.84. The summed E-state index contributed by atoms with van der Waals surface area (Å²) in [6.07, 6.45) is 0. The first-order chi connectivity index (χ1) is 9.49. The van der Waals surface area contributed by atoms with Gasteiger partial charge in [-0.25, -0.2) is 0 Å². The van der Waals surface area contributed by atoms with Crippen LogP contribution in [0, 0.1) is 5.92 Å². The molecule has 0 saturated carbocycles. The summed E-state index contributed by atoms with van der Waals surface area (Å²) in [4.78, 5) is 0. The summed E-state index contributed by atoms with van der Waals surface area (Å²) in [5.74, 6) is 1.38. The fourth-order valence-corrected chi connectivity index (χ4v) is 3.01. The summed E-state index contributed by atoms with van der Waals surface area (Å²) in [5.41, 5.74) is 0.923. The van der Waals surface area contributed by atoms with Crippen LogP contribution in [0.25, 0.3) is 5.69 Å². The molecule has 108 valence electrons. The minimum Gasteiger partial charge on any atom is -0.307 e. The molecule has 2 rings (SSSR count). The van der Waals surface area contributed by atoms with E-state index in [1.807, 2.05) is 18.2 Å². The van der Waals surface area contributed by atoms with Gasteiger partial charge in [-0.15, -0.1) is 5.10 Å². The quantitative estimate of drug-likeness (QED) is 0.831. The number of rotatable bonds is 5. The Morgan fingerprint density at radius 1 is 1.25 bits per heavy atom. The minimum atomic E-state index is 0.0861. The highest BCUT2D eigenvalue weighted by molar-refractivity contribution is 9.11. The van der Waals surface area contributed by atoms with Crippen LogP contribution in [-0.2, 0) is 0 Å². The van der Waals surface area contributed by atoms with Gasteiger partial charge in [0.05, 0.1) is 11.7 Å². The van der Waals surface area contributed by atoms with Crippen molar-refractivity contribution in [2.24, 2.45) is 5.92 Å². The number of hydrogen-bond donors (Lipinski definition) is 1. The molecule has 1 N–H and O–H groups in total. The van der Waals surface area contributed by atoms with Crippen molar-refractivity contribution in [1.82, 2.24) is 25.5 Å². The van der Waals surface area contributed by atoms with E-state index in [9.17, 15) is 0 Å². The molecule has 0 saturated heterocycles. The van der Waals surface area contributed by atoms with Crippen molar-refractivity contribution in [1.29, 1.82) is 0 Å². The molecule has 1 heterocycles. The zero-order valence-corrected chi connectivity index (χ0v) is 14.8. The van der Waals surface area contributed by atoms with Crippen LogP contribution >= 0.6 is 31.9 Å². The fraction of sp³-hybridized carbons (Fsp3) is 0.462. The van der Waals surface area contributed by atoms with Gasteiger partial charge in [-0.2, -0.15) is 4.68 Å². The summed E-state index contributed by atoms with van der Waals surface area (Å²) >= 11 is 6.99. The van der Waals surface area contributed by atoms with E-state index in [1.165, 1.54) is 0 Å². The maximum Gasteiger partial charge on any atom is 0.173 e. The molecule has 0 radical (unpaired) electrons. The van der Waals surface area contributed by atoms with E-state index in [-0.39, 0.29) is 6.04 Å². The molecule has 1 atom stereocenters. The van der Waals surface area contributed by atoms with Gasteiger partial charge in [-0.3, -0.25) is 0 Å². The van der Waals surface area contributed by atoms with Crippen molar-refractivity contribution in [3.05, 3.63) is 33.0 Å².